The minimum Gasteiger partial charge on any atom is -0.369 e. The van der Waals surface area contributed by atoms with Crippen molar-refractivity contribution in [3.63, 3.8) is 0 Å². The Morgan fingerprint density at radius 3 is 1.67 bits per heavy atom. The maximum absolute atomic E-state index is 6.26. The Balaban J connectivity index is 1.43. The molecule has 1 aliphatic heterocycles. The van der Waals surface area contributed by atoms with Crippen LogP contribution >= 0.6 is 0 Å². The first-order valence-corrected chi connectivity index (χ1v) is 9.34. The van der Waals surface area contributed by atoms with Crippen molar-refractivity contribution in [2.45, 2.75) is 25.4 Å². The van der Waals surface area contributed by atoms with Crippen molar-refractivity contribution >= 4 is 5.69 Å². The molecule has 1 saturated heterocycles. The fourth-order valence-corrected chi connectivity index (χ4v) is 3.38. The van der Waals surface area contributed by atoms with E-state index in [0.717, 1.165) is 18.8 Å². The molecule has 0 saturated carbocycles. The van der Waals surface area contributed by atoms with Crippen molar-refractivity contribution in [1.82, 2.24) is 4.98 Å². The summed E-state index contributed by atoms with van der Waals surface area (Å²) in [6.45, 7) is 2.83. The molecule has 3 aromatic rings. The molecule has 0 spiro atoms. The van der Waals surface area contributed by atoms with Crippen molar-refractivity contribution in [2.75, 3.05) is 18.0 Å². The van der Waals surface area contributed by atoms with E-state index >= 15 is 0 Å². The molecule has 27 heavy (non-hydrogen) atoms. The SMILES string of the molecule is c1ccc(CO[C@H]2CN(c3ccncc3)C[C@@H]2OCc2ccccc2)cc1. The highest BCUT2D eigenvalue weighted by molar-refractivity contribution is 5.46. The van der Waals surface area contributed by atoms with Crippen LogP contribution in [0.1, 0.15) is 11.1 Å². The van der Waals surface area contributed by atoms with Crippen molar-refractivity contribution < 1.29 is 9.47 Å². The van der Waals surface area contributed by atoms with Gasteiger partial charge in [-0.05, 0) is 23.3 Å². The minimum atomic E-state index is 0.0297. The third-order valence-corrected chi connectivity index (χ3v) is 4.86. The topological polar surface area (TPSA) is 34.6 Å². The molecule has 4 nitrogen and oxygen atoms in total. The Kier molecular flexibility index (Phi) is 5.77. The second-order valence-corrected chi connectivity index (χ2v) is 6.78. The van der Waals surface area contributed by atoms with E-state index in [2.05, 4.69) is 34.1 Å². The van der Waals surface area contributed by atoms with Crippen LogP contribution in [0, 0.1) is 0 Å². The summed E-state index contributed by atoms with van der Waals surface area (Å²) in [6.07, 6.45) is 3.71. The number of pyridine rings is 1. The van der Waals surface area contributed by atoms with Gasteiger partial charge in [0.2, 0.25) is 0 Å². The van der Waals surface area contributed by atoms with Gasteiger partial charge in [-0.2, -0.15) is 0 Å². The average Bonchev–Trinajstić information content (AvgIpc) is 3.16. The zero-order valence-electron chi connectivity index (χ0n) is 15.3. The van der Waals surface area contributed by atoms with E-state index in [1.807, 2.05) is 60.9 Å². The largest absolute Gasteiger partial charge is 0.369 e. The highest BCUT2D eigenvalue weighted by Crippen LogP contribution is 2.25. The maximum atomic E-state index is 6.26. The summed E-state index contributed by atoms with van der Waals surface area (Å²) in [5.74, 6) is 0. The third kappa shape index (κ3) is 4.73. The lowest BCUT2D eigenvalue weighted by molar-refractivity contribution is -0.0591. The molecule has 0 radical (unpaired) electrons. The quantitative estimate of drug-likeness (QED) is 0.636. The van der Waals surface area contributed by atoms with Gasteiger partial charge in [-0.3, -0.25) is 4.98 Å². The van der Waals surface area contributed by atoms with Crippen molar-refractivity contribution in [2.24, 2.45) is 0 Å². The summed E-state index contributed by atoms with van der Waals surface area (Å²) in [5.41, 5.74) is 3.52. The van der Waals surface area contributed by atoms with Gasteiger partial charge in [0, 0.05) is 31.2 Å². The molecule has 4 heteroatoms. The fourth-order valence-electron chi connectivity index (χ4n) is 3.38. The number of hydrogen-bond acceptors (Lipinski definition) is 4. The normalized spacial score (nSPS) is 19.3. The van der Waals surface area contributed by atoms with Crippen molar-refractivity contribution in [3.8, 4) is 0 Å². The van der Waals surface area contributed by atoms with E-state index in [9.17, 15) is 0 Å². The van der Waals surface area contributed by atoms with Crippen molar-refractivity contribution in [3.05, 3.63) is 96.3 Å². The molecular weight excluding hydrogens is 336 g/mol. The molecule has 2 heterocycles. The predicted molar refractivity (Wildman–Crippen MR) is 106 cm³/mol. The molecule has 0 unspecified atom stereocenters. The summed E-state index contributed by atoms with van der Waals surface area (Å²) in [7, 11) is 0. The number of nitrogens with zero attached hydrogens (tertiary/aromatic N) is 2. The van der Waals surface area contributed by atoms with Gasteiger partial charge in [0.05, 0.1) is 13.2 Å². The van der Waals surface area contributed by atoms with Crippen molar-refractivity contribution in [1.29, 1.82) is 0 Å². The molecule has 1 fully saturated rings. The van der Waals surface area contributed by atoms with Crippen LogP contribution in [0.2, 0.25) is 0 Å². The molecule has 1 aliphatic rings. The minimum absolute atomic E-state index is 0.0297. The number of ether oxygens (including phenoxy) is 2. The van der Waals surface area contributed by atoms with E-state index in [0.29, 0.717) is 13.2 Å². The number of rotatable bonds is 7. The first-order valence-electron chi connectivity index (χ1n) is 9.34. The summed E-state index contributed by atoms with van der Waals surface area (Å²) >= 11 is 0. The van der Waals surface area contributed by atoms with Gasteiger partial charge in [-0.1, -0.05) is 60.7 Å². The molecule has 2 aromatic carbocycles. The Bertz CT molecular complexity index is 760. The van der Waals surface area contributed by atoms with E-state index in [1.165, 1.54) is 11.1 Å². The lowest BCUT2D eigenvalue weighted by atomic mass is 10.2. The molecule has 0 amide bonds. The summed E-state index contributed by atoms with van der Waals surface area (Å²) < 4.78 is 12.5. The second-order valence-electron chi connectivity index (χ2n) is 6.78. The van der Waals surface area contributed by atoms with Crippen LogP contribution in [0.4, 0.5) is 5.69 Å². The van der Waals surface area contributed by atoms with Gasteiger partial charge >= 0.3 is 0 Å². The van der Waals surface area contributed by atoms with Crippen LogP contribution in [-0.2, 0) is 22.7 Å². The van der Waals surface area contributed by atoms with Gasteiger partial charge in [-0.25, -0.2) is 0 Å². The fraction of sp³-hybridized carbons (Fsp3) is 0.261. The molecule has 2 atom stereocenters. The highest BCUT2D eigenvalue weighted by atomic mass is 16.5. The predicted octanol–water partition coefficient (Wildman–Crippen LogP) is 4.07. The first kappa shape index (κ1) is 17.7. The lowest BCUT2D eigenvalue weighted by Gasteiger charge is -2.19. The Morgan fingerprint density at radius 1 is 0.704 bits per heavy atom. The zero-order chi connectivity index (χ0) is 18.3. The lowest BCUT2D eigenvalue weighted by Crippen LogP contribution is -2.29. The number of benzene rings is 2. The molecule has 4 rings (SSSR count). The molecule has 1 aromatic heterocycles. The van der Waals surface area contributed by atoms with Crippen LogP contribution < -0.4 is 4.90 Å². The van der Waals surface area contributed by atoms with Gasteiger partial charge < -0.3 is 14.4 Å². The Hall–Kier alpha value is -2.69. The molecular formula is C23H24N2O2. The number of aromatic nitrogens is 1. The van der Waals surface area contributed by atoms with Gasteiger partial charge in [0.1, 0.15) is 12.2 Å². The summed E-state index contributed by atoms with van der Waals surface area (Å²) in [6, 6.07) is 24.7. The second kappa shape index (κ2) is 8.80. The Morgan fingerprint density at radius 2 is 1.19 bits per heavy atom. The van der Waals surface area contributed by atoms with Gasteiger partial charge in [0.15, 0.2) is 0 Å². The van der Waals surface area contributed by atoms with Crippen LogP contribution in [0.3, 0.4) is 0 Å². The standard InChI is InChI=1S/C23H24N2O2/c1-3-7-19(8-4-1)17-26-22-15-25(21-11-13-24-14-12-21)16-23(22)27-18-20-9-5-2-6-10-20/h1-14,22-23H,15-18H2/t22-,23-/m0/s1. The van der Waals surface area contributed by atoms with Crippen LogP contribution in [0.25, 0.3) is 0 Å². The number of anilines is 1. The monoisotopic (exact) mass is 360 g/mol. The number of hydrogen-bond donors (Lipinski definition) is 0. The maximum Gasteiger partial charge on any atom is 0.103 e. The van der Waals surface area contributed by atoms with E-state index in [-0.39, 0.29) is 12.2 Å². The van der Waals surface area contributed by atoms with Gasteiger partial charge in [-0.15, -0.1) is 0 Å². The van der Waals surface area contributed by atoms with Crippen LogP contribution in [0.5, 0.6) is 0 Å². The van der Waals surface area contributed by atoms with Crippen LogP contribution in [-0.4, -0.2) is 30.3 Å². The average molecular weight is 360 g/mol. The third-order valence-electron chi connectivity index (χ3n) is 4.86. The van der Waals surface area contributed by atoms with Crippen LogP contribution in [0.15, 0.2) is 85.2 Å². The zero-order valence-corrected chi connectivity index (χ0v) is 15.3. The molecule has 0 bridgehead atoms. The molecule has 0 N–H and O–H groups in total. The summed E-state index contributed by atoms with van der Waals surface area (Å²) in [5, 5.41) is 0. The van der Waals surface area contributed by atoms with E-state index in [4.69, 9.17) is 9.47 Å². The Labute approximate surface area is 160 Å². The first-order chi connectivity index (χ1) is 13.4. The van der Waals surface area contributed by atoms with E-state index in [1.54, 1.807) is 0 Å². The van der Waals surface area contributed by atoms with Gasteiger partial charge in [0.25, 0.3) is 0 Å². The van der Waals surface area contributed by atoms with E-state index < -0.39 is 0 Å². The summed E-state index contributed by atoms with van der Waals surface area (Å²) in [4.78, 5) is 6.43. The smallest absolute Gasteiger partial charge is 0.103 e. The highest BCUT2D eigenvalue weighted by Gasteiger charge is 2.34. The molecule has 0 aliphatic carbocycles. The molecule has 138 valence electrons.